The Morgan fingerprint density at radius 1 is 1.11 bits per heavy atom. The van der Waals surface area contributed by atoms with Crippen LogP contribution in [0.4, 0.5) is 0 Å². The molecule has 0 radical (unpaired) electrons. The van der Waals surface area contributed by atoms with Crippen molar-refractivity contribution in [3.8, 4) is 11.4 Å². The van der Waals surface area contributed by atoms with Gasteiger partial charge in [-0.05, 0) is 17.7 Å². The molecule has 0 saturated carbocycles. The van der Waals surface area contributed by atoms with Gasteiger partial charge >= 0.3 is 0 Å². The highest BCUT2D eigenvalue weighted by Gasteiger charge is 2.09. The number of nitrogens with zero attached hydrogens (tertiary/aromatic N) is 2. The minimum atomic E-state index is 0.639. The molecule has 0 N–H and O–H groups in total. The van der Waals surface area contributed by atoms with E-state index in [9.17, 15) is 0 Å². The molecular formula is C14H11ClN2O. The fourth-order valence-electron chi connectivity index (χ4n) is 1.86. The lowest BCUT2D eigenvalue weighted by Crippen LogP contribution is -1.93. The summed E-state index contributed by atoms with van der Waals surface area (Å²) in [5, 5.41) is 0.687. The van der Waals surface area contributed by atoms with Crippen molar-refractivity contribution in [3.63, 3.8) is 0 Å². The van der Waals surface area contributed by atoms with E-state index in [4.69, 9.17) is 16.3 Å². The Balaban J connectivity index is 1.91. The monoisotopic (exact) mass is 258 g/mol. The van der Waals surface area contributed by atoms with Gasteiger partial charge < -0.3 is 4.74 Å². The Labute approximate surface area is 110 Å². The predicted octanol–water partition coefficient (Wildman–Crippen LogP) is 3.21. The standard InChI is InChI=1S/C14H11ClN2O/c15-13-3-1-2-10(6-13)14-16-7-12(8-17-14)11-4-5-18-9-11/h1-4,6-8H,5,9H2. The number of ether oxygens (including phenoxy) is 1. The summed E-state index contributed by atoms with van der Waals surface area (Å²) in [6, 6.07) is 7.52. The first-order valence-corrected chi connectivity index (χ1v) is 6.06. The van der Waals surface area contributed by atoms with Crippen LogP contribution in [0.1, 0.15) is 5.56 Å². The van der Waals surface area contributed by atoms with Crippen molar-refractivity contribution in [1.82, 2.24) is 9.97 Å². The summed E-state index contributed by atoms with van der Waals surface area (Å²) in [5.74, 6) is 0.681. The highest BCUT2D eigenvalue weighted by atomic mass is 35.5. The Bertz CT molecular complexity index is 593. The Kier molecular flexibility index (Phi) is 3.09. The smallest absolute Gasteiger partial charge is 0.159 e. The van der Waals surface area contributed by atoms with E-state index in [0.717, 1.165) is 16.7 Å². The molecule has 0 aliphatic carbocycles. The molecule has 1 aliphatic heterocycles. The third kappa shape index (κ3) is 2.28. The summed E-state index contributed by atoms with van der Waals surface area (Å²) in [6.45, 7) is 1.31. The third-order valence-corrected chi connectivity index (χ3v) is 3.05. The van der Waals surface area contributed by atoms with Gasteiger partial charge in [-0.15, -0.1) is 0 Å². The van der Waals surface area contributed by atoms with Crippen LogP contribution in [0.25, 0.3) is 17.0 Å². The molecule has 4 heteroatoms. The lowest BCUT2D eigenvalue weighted by atomic mass is 10.1. The Morgan fingerprint density at radius 2 is 1.94 bits per heavy atom. The van der Waals surface area contributed by atoms with Crippen molar-refractivity contribution in [1.29, 1.82) is 0 Å². The molecule has 0 amide bonds. The molecular weight excluding hydrogens is 248 g/mol. The number of rotatable bonds is 2. The van der Waals surface area contributed by atoms with Gasteiger partial charge in [0.25, 0.3) is 0 Å². The zero-order chi connectivity index (χ0) is 12.4. The first kappa shape index (κ1) is 11.4. The number of hydrogen-bond donors (Lipinski definition) is 0. The zero-order valence-electron chi connectivity index (χ0n) is 9.64. The summed E-state index contributed by atoms with van der Waals surface area (Å²) in [6.07, 6.45) is 5.70. The molecule has 2 aromatic rings. The first-order chi connectivity index (χ1) is 8.83. The first-order valence-electron chi connectivity index (χ1n) is 5.68. The van der Waals surface area contributed by atoms with Crippen molar-refractivity contribution < 1.29 is 4.74 Å². The fourth-order valence-corrected chi connectivity index (χ4v) is 2.05. The molecule has 3 rings (SSSR count). The van der Waals surface area contributed by atoms with Crippen LogP contribution in [0.5, 0.6) is 0 Å². The van der Waals surface area contributed by atoms with E-state index in [-0.39, 0.29) is 0 Å². The number of benzene rings is 1. The van der Waals surface area contributed by atoms with Crippen molar-refractivity contribution in [3.05, 3.63) is 53.3 Å². The normalized spacial score (nSPS) is 14.6. The van der Waals surface area contributed by atoms with Crippen molar-refractivity contribution >= 4 is 17.2 Å². The highest BCUT2D eigenvalue weighted by molar-refractivity contribution is 6.30. The van der Waals surface area contributed by atoms with Gasteiger partial charge in [0.2, 0.25) is 0 Å². The van der Waals surface area contributed by atoms with Gasteiger partial charge in [-0.1, -0.05) is 29.8 Å². The second kappa shape index (κ2) is 4.88. The van der Waals surface area contributed by atoms with E-state index in [2.05, 4.69) is 16.0 Å². The van der Waals surface area contributed by atoms with Gasteiger partial charge in [0.15, 0.2) is 5.82 Å². The van der Waals surface area contributed by atoms with Crippen LogP contribution < -0.4 is 0 Å². The van der Waals surface area contributed by atoms with Crippen molar-refractivity contribution in [2.45, 2.75) is 0 Å². The van der Waals surface area contributed by atoms with Crippen LogP contribution >= 0.6 is 11.6 Å². The maximum atomic E-state index is 5.95. The fraction of sp³-hybridized carbons (Fsp3) is 0.143. The zero-order valence-corrected chi connectivity index (χ0v) is 10.4. The van der Waals surface area contributed by atoms with Crippen LogP contribution in [-0.4, -0.2) is 23.2 Å². The van der Waals surface area contributed by atoms with Crippen molar-refractivity contribution in [2.24, 2.45) is 0 Å². The van der Waals surface area contributed by atoms with Crippen LogP contribution in [0.15, 0.2) is 42.7 Å². The Morgan fingerprint density at radius 3 is 2.61 bits per heavy atom. The predicted molar refractivity (Wildman–Crippen MR) is 71.3 cm³/mol. The molecule has 2 heterocycles. The average Bonchev–Trinajstić information content (AvgIpc) is 2.93. The van der Waals surface area contributed by atoms with Gasteiger partial charge in [0.1, 0.15) is 0 Å². The SMILES string of the molecule is Clc1cccc(-c2ncc(C3=CCOC3)cn2)c1. The molecule has 0 fully saturated rings. The number of hydrogen-bond acceptors (Lipinski definition) is 3. The maximum absolute atomic E-state index is 5.95. The minimum absolute atomic E-state index is 0.639. The van der Waals surface area contributed by atoms with E-state index in [1.54, 1.807) is 0 Å². The summed E-state index contributed by atoms with van der Waals surface area (Å²) < 4.78 is 5.28. The second-order valence-electron chi connectivity index (χ2n) is 4.05. The van der Waals surface area contributed by atoms with E-state index in [1.807, 2.05) is 36.7 Å². The quantitative estimate of drug-likeness (QED) is 0.830. The summed E-state index contributed by atoms with van der Waals surface area (Å²) in [4.78, 5) is 8.74. The van der Waals surface area contributed by atoms with Crippen LogP contribution in [-0.2, 0) is 4.74 Å². The summed E-state index contributed by atoms with van der Waals surface area (Å²) in [7, 11) is 0. The summed E-state index contributed by atoms with van der Waals surface area (Å²) in [5.41, 5.74) is 3.08. The van der Waals surface area contributed by atoms with Gasteiger partial charge in [-0.25, -0.2) is 9.97 Å². The largest absolute Gasteiger partial charge is 0.373 e. The van der Waals surface area contributed by atoms with E-state index in [1.165, 1.54) is 0 Å². The molecule has 1 aromatic heterocycles. The molecule has 0 saturated heterocycles. The molecule has 0 spiro atoms. The second-order valence-corrected chi connectivity index (χ2v) is 4.49. The van der Waals surface area contributed by atoms with Crippen LogP contribution in [0.2, 0.25) is 5.02 Å². The molecule has 0 bridgehead atoms. The third-order valence-electron chi connectivity index (χ3n) is 2.81. The molecule has 1 aliphatic rings. The van der Waals surface area contributed by atoms with Gasteiger partial charge in [-0.2, -0.15) is 0 Å². The molecule has 0 unspecified atom stereocenters. The number of halogens is 1. The van der Waals surface area contributed by atoms with E-state index in [0.29, 0.717) is 24.1 Å². The number of aromatic nitrogens is 2. The average molecular weight is 259 g/mol. The molecule has 3 nitrogen and oxygen atoms in total. The molecule has 1 aromatic carbocycles. The topological polar surface area (TPSA) is 35.0 Å². The molecule has 0 atom stereocenters. The highest BCUT2D eigenvalue weighted by Crippen LogP contribution is 2.21. The van der Waals surface area contributed by atoms with Crippen LogP contribution in [0, 0.1) is 0 Å². The van der Waals surface area contributed by atoms with Crippen LogP contribution in [0.3, 0.4) is 0 Å². The van der Waals surface area contributed by atoms with Gasteiger partial charge in [0, 0.05) is 28.5 Å². The lowest BCUT2D eigenvalue weighted by Gasteiger charge is -2.03. The van der Waals surface area contributed by atoms with Gasteiger partial charge in [0.05, 0.1) is 13.2 Å². The summed E-state index contributed by atoms with van der Waals surface area (Å²) >= 11 is 5.95. The Hall–Kier alpha value is -1.71. The maximum Gasteiger partial charge on any atom is 0.159 e. The van der Waals surface area contributed by atoms with Crippen molar-refractivity contribution in [2.75, 3.05) is 13.2 Å². The minimum Gasteiger partial charge on any atom is -0.373 e. The van der Waals surface area contributed by atoms with E-state index >= 15 is 0 Å². The van der Waals surface area contributed by atoms with Gasteiger partial charge in [-0.3, -0.25) is 0 Å². The van der Waals surface area contributed by atoms with E-state index < -0.39 is 0 Å². The lowest BCUT2D eigenvalue weighted by molar-refractivity contribution is 0.216. The molecule has 18 heavy (non-hydrogen) atoms. The molecule has 90 valence electrons.